The van der Waals surface area contributed by atoms with E-state index in [2.05, 4.69) is 15.0 Å². The van der Waals surface area contributed by atoms with Crippen molar-refractivity contribution in [3.05, 3.63) is 36.0 Å². The van der Waals surface area contributed by atoms with Gasteiger partial charge in [-0.25, -0.2) is 0 Å². The summed E-state index contributed by atoms with van der Waals surface area (Å²) in [5.74, 6) is 3.17. The molecule has 1 aromatic heterocycles. The topological polar surface area (TPSA) is 60.6 Å². The molecule has 0 radical (unpaired) electrons. The molecule has 1 saturated heterocycles. The maximum atomic E-state index is 5.81. The number of ether oxygens (including phenoxy) is 2. The Kier molecular flexibility index (Phi) is 5.69. The van der Waals surface area contributed by atoms with E-state index in [0.29, 0.717) is 12.4 Å². The van der Waals surface area contributed by atoms with E-state index in [-0.39, 0.29) is 6.04 Å². The number of benzene rings is 1. The molecule has 6 nitrogen and oxygen atoms in total. The molecular formula is C18H25N3O3. The molecule has 0 aliphatic carbocycles. The highest BCUT2D eigenvalue weighted by atomic mass is 16.5. The molecule has 0 saturated carbocycles. The molecule has 1 unspecified atom stereocenters. The predicted octanol–water partition coefficient (Wildman–Crippen LogP) is 3.38. The average Bonchev–Trinajstić information content (AvgIpc) is 3.06. The number of aromatic nitrogens is 2. The second-order valence-electron chi connectivity index (χ2n) is 6.10. The normalized spacial score (nSPS) is 18.5. The van der Waals surface area contributed by atoms with Gasteiger partial charge in [0.2, 0.25) is 5.89 Å². The number of piperidine rings is 1. The monoisotopic (exact) mass is 331 g/mol. The minimum Gasteiger partial charge on any atom is -0.497 e. The zero-order chi connectivity index (χ0) is 16.8. The Morgan fingerprint density at radius 1 is 1.21 bits per heavy atom. The van der Waals surface area contributed by atoms with Crippen LogP contribution >= 0.6 is 0 Å². The van der Waals surface area contributed by atoms with Crippen LogP contribution in [0.4, 0.5) is 0 Å². The molecule has 0 bridgehead atoms. The Hall–Kier alpha value is -2.08. The fourth-order valence-electron chi connectivity index (χ4n) is 3.12. The van der Waals surface area contributed by atoms with Crippen molar-refractivity contribution < 1.29 is 14.0 Å². The summed E-state index contributed by atoms with van der Waals surface area (Å²) in [6.07, 6.45) is 4.49. The molecule has 0 N–H and O–H groups in total. The van der Waals surface area contributed by atoms with Gasteiger partial charge in [-0.2, -0.15) is 4.98 Å². The van der Waals surface area contributed by atoms with Crippen molar-refractivity contribution in [3.63, 3.8) is 0 Å². The van der Waals surface area contributed by atoms with Gasteiger partial charge in [0.05, 0.1) is 19.8 Å². The summed E-state index contributed by atoms with van der Waals surface area (Å²) in [4.78, 5) is 6.85. The van der Waals surface area contributed by atoms with E-state index in [1.807, 2.05) is 31.2 Å². The van der Waals surface area contributed by atoms with Crippen LogP contribution in [0.25, 0.3) is 0 Å². The predicted molar refractivity (Wildman–Crippen MR) is 90.3 cm³/mol. The molecule has 0 amide bonds. The standard InChI is InChI=1S/C18H25N3O3/c1-14-19-18(24-20-14)17-6-3-4-11-21(17)12-5-13-23-16-9-7-15(22-2)8-10-16/h7-10,17H,3-6,11-13H2,1-2H3. The molecule has 2 aromatic rings. The van der Waals surface area contributed by atoms with Crippen molar-refractivity contribution in [1.29, 1.82) is 0 Å². The van der Waals surface area contributed by atoms with Crippen molar-refractivity contribution in [1.82, 2.24) is 15.0 Å². The van der Waals surface area contributed by atoms with Gasteiger partial charge in [-0.1, -0.05) is 11.6 Å². The van der Waals surface area contributed by atoms with Crippen LogP contribution in [-0.2, 0) is 0 Å². The third-order valence-electron chi connectivity index (χ3n) is 4.36. The molecular weight excluding hydrogens is 306 g/mol. The second-order valence-corrected chi connectivity index (χ2v) is 6.10. The summed E-state index contributed by atoms with van der Waals surface area (Å²) in [5, 5.41) is 3.93. The zero-order valence-corrected chi connectivity index (χ0v) is 14.4. The van der Waals surface area contributed by atoms with Crippen molar-refractivity contribution in [2.45, 2.75) is 38.6 Å². The molecule has 1 fully saturated rings. The Morgan fingerprint density at radius 3 is 2.71 bits per heavy atom. The first-order valence-corrected chi connectivity index (χ1v) is 8.57. The van der Waals surface area contributed by atoms with E-state index in [0.717, 1.165) is 43.3 Å². The van der Waals surface area contributed by atoms with Crippen molar-refractivity contribution >= 4 is 0 Å². The zero-order valence-electron chi connectivity index (χ0n) is 14.4. The summed E-state index contributed by atoms with van der Waals surface area (Å²) >= 11 is 0. The lowest BCUT2D eigenvalue weighted by molar-refractivity contribution is 0.111. The van der Waals surface area contributed by atoms with Crippen LogP contribution in [0.1, 0.15) is 43.4 Å². The van der Waals surface area contributed by atoms with Gasteiger partial charge in [-0.05, 0) is 57.0 Å². The molecule has 1 aliphatic heterocycles. The van der Waals surface area contributed by atoms with Crippen LogP contribution < -0.4 is 9.47 Å². The van der Waals surface area contributed by atoms with Crippen LogP contribution in [0.15, 0.2) is 28.8 Å². The first-order chi connectivity index (χ1) is 11.8. The van der Waals surface area contributed by atoms with Gasteiger partial charge >= 0.3 is 0 Å². The fourth-order valence-corrected chi connectivity index (χ4v) is 3.12. The van der Waals surface area contributed by atoms with E-state index >= 15 is 0 Å². The highest BCUT2D eigenvalue weighted by Gasteiger charge is 2.27. The third-order valence-corrected chi connectivity index (χ3v) is 4.36. The third kappa shape index (κ3) is 4.26. The van der Waals surface area contributed by atoms with E-state index in [1.54, 1.807) is 7.11 Å². The first-order valence-electron chi connectivity index (χ1n) is 8.57. The van der Waals surface area contributed by atoms with E-state index in [9.17, 15) is 0 Å². The Morgan fingerprint density at radius 2 is 2.00 bits per heavy atom. The molecule has 0 spiro atoms. The Bertz CT molecular complexity index is 627. The highest BCUT2D eigenvalue weighted by molar-refractivity contribution is 5.31. The van der Waals surface area contributed by atoms with E-state index in [4.69, 9.17) is 14.0 Å². The maximum absolute atomic E-state index is 5.81. The first kappa shape index (κ1) is 16.8. The van der Waals surface area contributed by atoms with Gasteiger partial charge in [0.15, 0.2) is 5.82 Å². The van der Waals surface area contributed by atoms with Gasteiger partial charge in [0.25, 0.3) is 0 Å². The second kappa shape index (κ2) is 8.15. The average molecular weight is 331 g/mol. The summed E-state index contributed by atoms with van der Waals surface area (Å²) in [7, 11) is 1.66. The van der Waals surface area contributed by atoms with E-state index < -0.39 is 0 Å². The molecule has 1 atom stereocenters. The number of hydrogen-bond donors (Lipinski definition) is 0. The lowest BCUT2D eigenvalue weighted by atomic mass is 10.0. The fraction of sp³-hybridized carbons (Fsp3) is 0.556. The summed E-state index contributed by atoms with van der Waals surface area (Å²) in [6, 6.07) is 7.94. The molecule has 1 aliphatic rings. The van der Waals surface area contributed by atoms with E-state index in [1.165, 1.54) is 12.8 Å². The summed E-state index contributed by atoms with van der Waals surface area (Å²) in [5.41, 5.74) is 0. The largest absolute Gasteiger partial charge is 0.497 e. The van der Waals surface area contributed by atoms with Gasteiger partial charge < -0.3 is 14.0 Å². The lowest BCUT2D eigenvalue weighted by Gasteiger charge is -2.33. The summed E-state index contributed by atoms with van der Waals surface area (Å²) in [6.45, 7) is 4.61. The SMILES string of the molecule is COc1ccc(OCCCN2CCCCC2c2nc(C)no2)cc1. The quantitative estimate of drug-likeness (QED) is 0.725. The van der Waals surface area contributed by atoms with Gasteiger partial charge in [0.1, 0.15) is 11.5 Å². The summed E-state index contributed by atoms with van der Waals surface area (Å²) < 4.78 is 16.3. The maximum Gasteiger partial charge on any atom is 0.243 e. The van der Waals surface area contributed by atoms with Crippen molar-refractivity contribution in [3.8, 4) is 11.5 Å². The minimum atomic E-state index is 0.251. The highest BCUT2D eigenvalue weighted by Crippen LogP contribution is 2.29. The number of aryl methyl sites for hydroxylation is 1. The van der Waals surface area contributed by atoms with Crippen LogP contribution in [0.5, 0.6) is 11.5 Å². The molecule has 1 aromatic carbocycles. The number of rotatable bonds is 7. The molecule has 3 rings (SSSR count). The molecule has 130 valence electrons. The van der Waals surface area contributed by atoms with Gasteiger partial charge in [-0.3, -0.25) is 4.90 Å². The number of likely N-dealkylation sites (tertiary alicyclic amines) is 1. The lowest BCUT2D eigenvalue weighted by Crippen LogP contribution is -2.35. The number of nitrogens with zero attached hydrogens (tertiary/aromatic N) is 3. The Labute approximate surface area is 142 Å². The Balaban J connectivity index is 1.47. The van der Waals surface area contributed by atoms with Crippen molar-refractivity contribution in [2.24, 2.45) is 0 Å². The van der Waals surface area contributed by atoms with Crippen LogP contribution in [0, 0.1) is 6.92 Å². The minimum absolute atomic E-state index is 0.251. The van der Waals surface area contributed by atoms with Crippen LogP contribution in [0.2, 0.25) is 0 Å². The molecule has 6 heteroatoms. The van der Waals surface area contributed by atoms with Crippen molar-refractivity contribution in [2.75, 3.05) is 26.8 Å². The van der Waals surface area contributed by atoms with Gasteiger partial charge in [0, 0.05) is 6.54 Å². The van der Waals surface area contributed by atoms with Crippen LogP contribution in [0.3, 0.4) is 0 Å². The van der Waals surface area contributed by atoms with Crippen LogP contribution in [-0.4, -0.2) is 41.8 Å². The number of methoxy groups -OCH3 is 1. The molecule has 24 heavy (non-hydrogen) atoms. The smallest absolute Gasteiger partial charge is 0.243 e. The molecule has 2 heterocycles. The van der Waals surface area contributed by atoms with Gasteiger partial charge in [-0.15, -0.1) is 0 Å². The number of hydrogen-bond acceptors (Lipinski definition) is 6.